The first kappa shape index (κ1) is 27.2. The maximum atomic E-state index is 12.6. The molecular formula is C13H14ClN6NaO8S2. The largest absolute Gasteiger partial charge is 1.00 e. The number of hydrogen-bond donors (Lipinski definition) is 3. The molecule has 1 aromatic rings. The fourth-order valence-electron chi connectivity index (χ4n) is 2.36. The SMILES string of the molecule is CNC(=O)[C@H]1[C@@H](NC(=O)C(=NOC)c2csc(NC(=O)CCl)n2)C(=O)N1S(=O)(=O)[O-].[Na+]. The number of rotatable bonds is 8. The van der Waals surface area contributed by atoms with Crippen molar-refractivity contribution in [3.63, 3.8) is 0 Å². The molecule has 0 saturated carbocycles. The van der Waals surface area contributed by atoms with Gasteiger partial charge in [-0.3, -0.25) is 19.2 Å². The molecule has 1 saturated heterocycles. The molecule has 14 nitrogen and oxygen atoms in total. The van der Waals surface area contributed by atoms with Crippen LogP contribution in [0.5, 0.6) is 0 Å². The van der Waals surface area contributed by atoms with Crippen molar-refractivity contribution in [2.75, 3.05) is 25.4 Å². The maximum Gasteiger partial charge on any atom is 1.00 e. The molecule has 31 heavy (non-hydrogen) atoms. The standard InChI is InChI=1S/C13H15ClN6O8S2.Na/c1-15-11(23)9-8(12(24)20(9)30(25,26)27)18-10(22)7(19-28-2)5-4-29-13(16-5)17-6(21)3-14;/h4,8-9H,3H2,1-2H3,(H,15,23)(H,18,22)(H,16,17,21)(H,25,26,27);/q;+1/p-1/t8-,9-;/m1./s1. The predicted octanol–water partition coefficient (Wildman–Crippen LogP) is -5.42. The van der Waals surface area contributed by atoms with E-state index in [9.17, 15) is 32.1 Å². The molecule has 1 fully saturated rings. The van der Waals surface area contributed by atoms with Crippen LogP contribution in [0.2, 0.25) is 0 Å². The maximum absolute atomic E-state index is 12.6. The van der Waals surface area contributed by atoms with Crippen LogP contribution in [-0.4, -0.2) is 83.7 Å². The van der Waals surface area contributed by atoms with Gasteiger partial charge in [0, 0.05) is 12.4 Å². The number of nitrogens with one attached hydrogen (secondary N) is 3. The second-order valence-corrected chi connectivity index (χ2v) is 7.82. The van der Waals surface area contributed by atoms with E-state index >= 15 is 0 Å². The van der Waals surface area contributed by atoms with Gasteiger partial charge >= 0.3 is 29.6 Å². The number of carbonyl (C=O) groups excluding carboxylic acids is 4. The van der Waals surface area contributed by atoms with Gasteiger partial charge in [0.1, 0.15) is 24.7 Å². The van der Waals surface area contributed by atoms with Crippen molar-refractivity contribution in [2.45, 2.75) is 12.1 Å². The number of anilines is 1. The molecule has 2 atom stereocenters. The summed E-state index contributed by atoms with van der Waals surface area (Å²) in [6.07, 6.45) is 0. The summed E-state index contributed by atoms with van der Waals surface area (Å²) >= 11 is 6.32. The number of nitrogens with zero attached hydrogens (tertiary/aromatic N) is 3. The summed E-state index contributed by atoms with van der Waals surface area (Å²) in [6.45, 7) is 0. The van der Waals surface area contributed by atoms with Gasteiger partial charge in [0.15, 0.2) is 27.2 Å². The number of β-lactam (4-membered cyclic amide) rings is 1. The number of carbonyl (C=O) groups is 4. The molecule has 3 N–H and O–H groups in total. The number of halogens is 1. The normalized spacial score (nSPS) is 18.4. The van der Waals surface area contributed by atoms with Crippen molar-refractivity contribution in [2.24, 2.45) is 5.16 Å². The monoisotopic (exact) mass is 504 g/mol. The van der Waals surface area contributed by atoms with Gasteiger partial charge in [-0.15, -0.1) is 22.9 Å². The summed E-state index contributed by atoms with van der Waals surface area (Å²) in [5.74, 6) is -4.19. The molecule has 4 amide bonds. The van der Waals surface area contributed by atoms with Crippen molar-refractivity contribution in [3.8, 4) is 0 Å². The Labute approximate surface area is 206 Å². The third kappa shape index (κ3) is 6.12. The minimum Gasteiger partial charge on any atom is -0.731 e. The summed E-state index contributed by atoms with van der Waals surface area (Å²) < 4.78 is 33.5. The molecule has 0 unspecified atom stereocenters. The molecule has 2 heterocycles. The number of hydrogen-bond acceptors (Lipinski definition) is 11. The Morgan fingerprint density at radius 3 is 2.58 bits per heavy atom. The molecule has 164 valence electrons. The van der Waals surface area contributed by atoms with E-state index in [1.165, 1.54) is 5.38 Å². The molecule has 1 aliphatic rings. The van der Waals surface area contributed by atoms with E-state index in [-0.39, 0.29) is 50.6 Å². The van der Waals surface area contributed by atoms with Crippen LogP contribution < -0.4 is 45.5 Å². The number of likely N-dealkylation sites (N-methyl/N-ethyl adjacent to an activating group) is 1. The molecule has 0 bridgehead atoms. The van der Waals surface area contributed by atoms with Crippen LogP contribution in [0.3, 0.4) is 0 Å². The van der Waals surface area contributed by atoms with E-state index in [1.54, 1.807) is 0 Å². The third-order valence-electron chi connectivity index (χ3n) is 3.61. The van der Waals surface area contributed by atoms with Crippen LogP contribution >= 0.6 is 22.9 Å². The average molecular weight is 505 g/mol. The van der Waals surface area contributed by atoms with E-state index in [0.29, 0.717) is 0 Å². The zero-order chi connectivity index (χ0) is 22.6. The van der Waals surface area contributed by atoms with Gasteiger partial charge in [-0.25, -0.2) is 17.7 Å². The Hall–Kier alpha value is -1.82. The summed E-state index contributed by atoms with van der Waals surface area (Å²) in [6, 6.07) is -3.41. The summed E-state index contributed by atoms with van der Waals surface area (Å²) in [5.41, 5.74) is -0.493. The molecule has 1 aromatic heterocycles. The van der Waals surface area contributed by atoms with Gasteiger partial charge in [0.05, 0.1) is 0 Å². The number of thiazole rings is 1. The molecular weight excluding hydrogens is 491 g/mol. The smallest absolute Gasteiger partial charge is 0.731 e. The average Bonchev–Trinajstić information content (AvgIpc) is 3.13. The zero-order valence-corrected chi connectivity index (χ0v) is 20.6. The fraction of sp³-hybridized carbons (Fsp3) is 0.385. The number of aromatic nitrogens is 1. The Morgan fingerprint density at radius 1 is 1.42 bits per heavy atom. The van der Waals surface area contributed by atoms with Crippen LogP contribution in [0, 0.1) is 0 Å². The Morgan fingerprint density at radius 2 is 2.06 bits per heavy atom. The molecule has 0 aromatic carbocycles. The van der Waals surface area contributed by atoms with Gasteiger partial charge in [0.25, 0.3) is 11.8 Å². The predicted molar refractivity (Wildman–Crippen MR) is 101 cm³/mol. The minimum atomic E-state index is -5.28. The number of alkyl halides is 1. The first-order chi connectivity index (χ1) is 14.0. The summed E-state index contributed by atoms with van der Waals surface area (Å²) in [7, 11) is -2.99. The van der Waals surface area contributed by atoms with Gasteiger partial charge in [-0.1, -0.05) is 5.16 Å². The Bertz CT molecular complexity index is 1020. The van der Waals surface area contributed by atoms with Crippen molar-refractivity contribution >= 4 is 67.7 Å². The topological polar surface area (TPSA) is 199 Å². The van der Waals surface area contributed by atoms with Crippen molar-refractivity contribution in [1.82, 2.24) is 19.9 Å². The van der Waals surface area contributed by atoms with E-state index in [4.69, 9.17) is 11.6 Å². The van der Waals surface area contributed by atoms with Crippen molar-refractivity contribution in [3.05, 3.63) is 11.1 Å². The number of amides is 4. The molecule has 1 aliphatic heterocycles. The Balaban J connectivity index is 0.00000480. The van der Waals surface area contributed by atoms with E-state index in [0.717, 1.165) is 25.5 Å². The first-order valence-corrected chi connectivity index (χ1v) is 10.6. The molecule has 0 radical (unpaired) electrons. The molecule has 18 heteroatoms. The second-order valence-electron chi connectivity index (χ2n) is 5.44. The van der Waals surface area contributed by atoms with Gasteiger partial charge in [0.2, 0.25) is 11.8 Å². The van der Waals surface area contributed by atoms with Crippen LogP contribution in [-0.2, 0) is 34.3 Å². The van der Waals surface area contributed by atoms with E-state index in [1.807, 2.05) is 0 Å². The molecule has 0 spiro atoms. The third-order valence-corrected chi connectivity index (χ3v) is 5.50. The summed E-state index contributed by atoms with van der Waals surface area (Å²) in [4.78, 5) is 56.4. The summed E-state index contributed by atoms with van der Waals surface area (Å²) in [5, 5.41) is 11.5. The van der Waals surface area contributed by atoms with Gasteiger partial charge in [-0.2, -0.15) is 0 Å². The van der Waals surface area contributed by atoms with Gasteiger partial charge < -0.3 is 25.3 Å². The van der Waals surface area contributed by atoms with E-state index < -0.39 is 51.7 Å². The minimum absolute atomic E-state index is 0. The Kier molecular flexibility index (Phi) is 9.80. The van der Waals surface area contributed by atoms with Crippen LogP contribution in [0.25, 0.3) is 0 Å². The fourth-order valence-corrected chi connectivity index (χ4v) is 3.96. The van der Waals surface area contributed by atoms with Crippen molar-refractivity contribution in [1.29, 1.82) is 0 Å². The van der Waals surface area contributed by atoms with Crippen molar-refractivity contribution < 1.29 is 66.5 Å². The number of oxime groups is 1. The van der Waals surface area contributed by atoms with Crippen LogP contribution in [0.4, 0.5) is 5.13 Å². The molecule has 0 aliphatic carbocycles. The van der Waals surface area contributed by atoms with Crippen LogP contribution in [0.15, 0.2) is 10.5 Å². The first-order valence-electron chi connectivity index (χ1n) is 7.79. The van der Waals surface area contributed by atoms with Gasteiger partial charge in [-0.05, 0) is 0 Å². The molecule has 2 rings (SSSR count). The second kappa shape index (κ2) is 11.2. The van der Waals surface area contributed by atoms with E-state index in [2.05, 4.69) is 30.9 Å². The zero-order valence-electron chi connectivity index (χ0n) is 16.2. The quantitative estimate of drug-likeness (QED) is 0.0771. The van der Waals surface area contributed by atoms with Crippen LogP contribution in [0.1, 0.15) is 5.69 Å².